The van der Waals surface area contributed by atoms with Gasteiger partial charge in [0.15, 0.2) is 0 Å². The Hall–Kier alpha value is -1.57. The van der Waals surface area contributed by atoms with Gasteiger partial charge in [-0.3, -0.25) is 4.90 Å². The lowest BCUT2D eigenvalue weighted by Crippen LogP contribution is -2.47. The van der Waals surface area contributed by atoms with Gasteiger partial charge in [0.2, 0.25) is 0 Å². The summed E-state index contributed by atoms with van der Waals surface area (Å²) in [6.45, 7) is 2.57. The highest BCUT2D eigenvalue weighted by molar-refractivity contribution is 6.30. The van der Waals surface area contributed by atoms with Crippen molar-refractivity contribution in [1.82, 2.24) is 4.90 Å². The van der Waals surface area contributed by atoms with Gasteiger partial charge >= 0.3 is 0 Å². The van der Waals surface area contributed by atoms with Crippen LogP contribution in [0.25, 0.3) is 5.57 Å². The van der Waals surface area contributed by atoms with E-state index >= 15 is 0 Å². The maximum Gasteiger partial charge on any atom is 0.0412 e. The Bertz CT molecular complexity index is 735. The van der Waals surface area contributed by atoms with Gasteiger partial charge in [0, 0.05) is 11.1 Å². The zero-order chi connectivity index (χ0) is 17.1. The third-order valence-corrected chi connectivity index (χ3v) is 5.98. The molecule has 2 atom stereocenters. The van der Waals surface area contributed by atoms with E-state index in [1.54, 1.807) is 0 Å². The van der Waals surface area contributed by atoms with Crippen LogP contribution < -0.4 is 0 Å². The van der Waals surface area contributed by atoms with Gasteiger partial charge in [0.05, 0.1) is 0 Å². The van der Waals surface area contributed by atoms with E-state index in [2.05, 4.69) is 59.5 Å². The average molecular weight is 352 g/mol. The molecule has 0 amide bonds. The topological polar surface area (TPSA) is 3.24 Å². The largest absolute Gasteiger partial charge is 0.300 e. The van der Waals surface area contributed by atoms with Crippen LogP contribution in [0, 0.1) is 5.92 Å². The van der Waals surface area contributed by atoms with Gasteiger partial charge in [-0.1, -0.05) is 66.6 Å². The molecule has 0 aliphatic carbocycles. The van der Waals surface area contributed by atoms with Crippen LogP contribution >= 0.6 is 11.6 Å². The zero-order valence-corrected chi connectivity index (χ0v) is 15.5. The number of piperidine rings is 2. The van der Waals surface area contributed by atoms with Crippen LogP contribution in [0.2, 0.25) is 5.02 Å². The molecule has 2 saturated heterocycles. The third kappa shape index (κ3) is 3.83. The molecular weight excluding hydrogens is 326 g/mol. The van der Waals surface area contributed by atoms with Gasteiger partial charge in [-0.2, -0.15) is 0 Å². The van der Waals surface area contributed by atoms with Crippen molar-refractivity contribution in [3.63, 3.8) is 0 Å². The summed E-state index contributed by atoms with van der Waals surface area (Å²) in [5.74, 6) is 0.642. The van der Waals surface area contributed by atoms with Gasteiger partial charge in [-0.05, 0) is 73.5 Å². The predicted octanol–water partition coefficient (Wildman–Crippen LogP) is 6.04. The first-order valence-corrected chi connectivity index (χ1v) is 9.96. The summed E-state index contributed by atoms with van der Waals surface area (Å²) in [5, 5.41) is 0.808. The van der Waals surface area contributed by atoms with E-state index in [0.717, 1.165) is 11.1 Å². The SMILES string of the molecule is Clc1cccc(/C(=C\[C@@H]2CCCN3CCCC[C@H]23)c2ccccc2)c1. The van der Waals surface area contributed by atoms with Crippen LogP contribution in [0.5, 0.6) is 0 Å². The lowest BCUT2D eigenvalue weighted by Gasteiger charge is -2.43. The van der Waals surface area contributed by atoms with Crippen LogP contribution in [0.1, 0.15) is 43.2 Å². The molecule has 0 N–H and O–H groups in total. The van der Waals surface area contributed by atoms with E-state index in [1.807, 2.05) is 6.07 Å². The van der Waals surface area contributed by atoms with Crippen molar-refractivity contribution in [2.24, 2.45) is 5.92 Å². The molecule has 4 rings (SSSR count). The highest BCUT2D eigenvalue weighted by Crippen LogP contribution is 2.35. The van der Waals surface area contributed by atoms with E-state index in [-0.39, 0.29) is 0 Å². The van der Waals surface area contributed by atoms with Crippen molar-refractivity contribution in [2.45, 2.75) is 38.1 Å². The maximum atomic E-state index is 6.29. The molecule has 0 spiro atoms. The quantitative estimate of drug-likeness (QED) is 0.652. The minimum atomic E-state index is 0.642. The van der Waals surface area contributed by atoms with Crippen molar-refractivity contribution < 1.29 is 0 Å². The molecule has 0 bridgehead atoms. The van der Waals surface area contributed by atoms with Crippen LogP contribution in [0.15, 0.2) is 60.7 Å². The van der Waals surface area contributed by atoms with Crippen LogP contribution in [0.3, 0.4) is 0 Å². The van der Waals surface area contributed by atoms with Gasteiger partial charge in [-0.15, -0.1) is 0 Å². The number of nitrogens with zero attached hydrogens (tertiary/aromatic N) is 1. The van der Waals surface area contributed by atoms with Gasteiger partial charge in [0.25, 0.3) is 0 Å². The number of hydrogen-bond donors (Lipinski definition) is 0. The summed E-state index contributed by atoms with van der Waals surface area (Å²) in [6, 6.07) is 19.8. The fourth-order valence-electron chi connectivity index (χ4n) is 4.54. The number of hydrogen-bond acceptors (Lipinski definition) is 1. The summed E-state index contributed by atoms with van der Waals surface area (Å²) in [6.07, 6.45) is 9.26. The summed E-state index contributed by atoms with van der Waals surface area (Å²) >= 11 is 6.29. The first kappa shape index (κ1) is 16.9. The summed E-state index contributed by atoms with van der Waals surface area (Å²) in [7, 11) is 0. The standard InChI is InChI=1S/C23H26ClN/c24-21-12-6-10-19(16-21)22(18-8-2-1-3-9-18)17-20-11-7-15-25-14-5-4-13-23(20)25/h1-3,6,8-10,12,16-17,20,23H,4-5,7,11,13-15H2/b22-17-/t20-,23+/m0/s1. The molecule has 0 unspecified atom stereocenters. The zero-order valence-electron chi connectivity index (χ0n) is 14.7. The molecule has 2 aromatic rings. The molecule has 2 fully saturated rings. The number of benzene rings is 2. The molecule has 130 valence electrons. The highest BCUT2D eigenvalue weighted by Gasteiger charge is 2.32. The minimum absolute atomic E-state index is 0.642. The third-order valence-electron chi connectivity index (χ3n) is 5.74. The van der Waals surface area contributed by atoms with Crippen molar-refractivity contribution >= 4 is 17.2 Å². The van der Waals surface area contributed by atoms with Crippen LogP contribution in [-0.4, -0.2) is 24.0 Å². The van der Waals surface area contributed by atoms with Gasteiger partial charge in [0.1, 0.15) is 0 Å². The molecular formula is C23H26ClN. The number of halogens is 1. The van der Waals surface area contributed by atoms with E-state index in [1.165, 1.54) is 61.9 Å². The summed E-state index contributed by atoms with van der Waals surface area (Å²) < 4.78 is 0. The second kappa shape index (κ2) is 7.76. The summed E-state index contributed by atoms with van der Waals surface area (Å²) in [5.41, 5.74) is 3.85. The average Bonchev–Trinajstić information content (AvgIpc) is 2.67. The fourth-order valence-corrected chi connectivity index (χ4v) is 4.73. The molecule has 2 aromatic carbocycles. The van der Waals surface area contributed by atoms with Gasteiger partial charge in [-0.25, -0.2) is 0 Å². The lowest BCUT2D eigenvalue weighted by molar-refractivity contribution is 0.0786. The Kier molecular flexibility index (Phi) is 5.24. The molecule has 2 aliphatic rings. The molecule has 0 saturated carbocycles. The molecule has 1 nitrogen and oxygen atoms in total. The van der Waals surface area contributed by atoms with Crippen LogP contribution in [0.4, 0.5) is 0 Å². The van der Waals surface area contributed by atoms with Gasteiger partial charge < -0.3 is 0 Å². The van der Waals surface area contributed by atoms with Crippen LogP contribution in [-0.2, 0) is 0 Å². The van der Waals surface area contributed by atoms with E-state index in [0.29, 0.717) is 5.92 Å². The van der Waals surface area contributed by atoms with E-state index < -0.39 is 0 Å². The van der Waals surface area contributed by atoms with Crippen molar-refractivity contribution in [3.05, 3.63) is 76.8 Å². The minimum Gasteiger partial charge on any atom is -0.300 e. The van der Waals surface area contributed by atoms with E-state index in [4.69, 9.17) is 11.6 Å². The number of fused-ring (bicyclic) bond motifs is 1. The monoisotopic (exact) mass is 351 g/mol. The van der Waals surface area contributed by atoms with Crippen molar-refractivity contribution in [1.29, 1.82) is 0 Å². The highest BCUT2D eigenvalue weighted by atomic mass is 35.5. The lowest BCUT2D eigenvalue weighted by atomic mass is 9.81. The smallest absolute Gasteiger partial charge is 0.0412 e. The Morgan fingerprint density at radius 3 is 2.52 bits per heavy atom. The molecule has 0 radical (unpaired) electrons. The second-order valence-corrected chi connectivity index (χ2v) is 7.80. The Balaban J connectivity index is 1.73. The summed E-state index contributed by atoms with van der Waals surface area (Å²) in [4.78, 5) is 2.73. The first-order chi connectivity index (χ1) is 12.3. The van der Waals surface area contributed by atoms with Crippen molar-refractivity contribution in [3.8, 4) is 0 Å². The Morgan fingerprint density at radius 2 is 1.68 bits per heavy atom. The Labute approximate surface area is 156 Å². The Morgan fingerprint density at radius 1 is 0.880 bits per heavy atom. The number of rotatable bonds is 3. The molecule has 25 heavy (non-hydrogen) atoms. The molecule has 2 heteroatoms. The molecule has 2 aliphatic heterocycles. The predicted molar refractivity (Wildman–Crippen MR) is 107 cm³/mol. The molecule has 0 aromatic heterocycles. The molecule has 2 heterocycles. The normalized spacial score (nSPS) is 24.8. The van der Waals surface area contributed by atoms with E-state index in [9.17, 15) is 0 Å². The first-order valence-electron chi connectivity index (χ1n) is 9.58. The van der Waals surface area contributed by atoms with Crippen molar-refractivity contribution in [2.75, 3.05) is 13.1 Å². The second-order valence-electron chi connectivity index (χ2n) is 7.36. The maximum absolute atomic E-state index is 6.29. The fraction of sp³-hybridized carbons (Fsp3) is 0.391.